The maximum atomic E-state index is 15.0. The highest BCUT2D eigenvalue weighted by molar-refractivity contribution is 5.98. The Bertz CT molecular complexity index is 2080. The van der Waals surface area contributed by atoms with E-state index in [2.05, 4.69) is 29.8 Å². The summed E-state index contributed by atoms with van der Waals surface area (Å²) < 4.78 is 7.29. The number of aromatic nitrogens is 1. The van der Waals surface area contributed by atoms with Crippen molar-refractivity contribution >= 4 is 52.3 Å². The van der Waals surface area contributed by atoms with Gasteiger partial charge in [-0.05, 0) is 61.0 Å². The van der Waals surface area contributed by atoms with E-state index in [1.807, 2.05) is 71.9 Å². The number of hydrogen-bond acceptors (Lipinski definition) is 10. The average molecular weight is 963 g/mol. The number of nitrogens with zero attached hydrogens (tertiary/aromatic N) is 5. The molecule has 1 aliphatic rings. The van der Waals surface area contributed by atoms with Crippen molar-refractivity contribution in [3.05, 3.63) is 36.0 Å². The second kappa shape index (κ2) is 28.1. The van der Waals surface area contributed by atoms with Crippen molar-refractivity contribution in [3.8, 4) is 6.07 Å². The maximum absolute atomic E-state index is 15.0. The average Bonchev–Trinajstić information content (AvgIpc) is 3.67. The Morgan fingerprint density at radius 3 is 1.75 bits per heavy atom. The Kier molecular flexibility index (Phi) is 23.5. The molecule has 1 aliphatic heterocycles. The third-order valence-corrected chi connectivity index (χ3v) is 13.1. The van der Waals surface area contributed by atoms with Crippen LogP contribution in [0.3, 0.4) is 0 Å². The van der Waals surface area contributed by atoms with Crippen LogP contribution in [-0.4, -0.2) is 132 Å². The van der Waals surface area contributed by atoms with Gasteiger partial charge in [0.05, 0.1) is 11.6 Å². The predicted molar refractivity (Wildman–Crippen MR) is 265 cm³/mol. The number of hydrogen-bond donors (Lipinski definition) is 3. The van der Waals surface area contributed by atoms with Crippen LogP contribution in [0.1, 0.15) is 138 Å². The van der Waals surface area contributed by atoms with Gasteiger partial charge in [-0.2, -0.15) is 9.99 Å². The number of ether oxygens (including phenoxy) is 1. The van der Waals surface area contributed by atoms with Crippen LogP contribution in [0.4, 0.5) is 0 Å². The van der Waals surface area contributed by atoms with Gasteiger partial charge in [-0.1, -0.05) is 112 Å². The van der Waals surface area contributed by atoms with Crippen molar-refractivity contribution in [1.29, 1.82) is 5.26 Å². The highest BCUT2D eigenvalue weighted by Crippen LogP contribution is 2.25. The Morgan fingerprint density at radius 2 is 1.22 bits per heavy atom. The zero-order chi connectivity index (χ0) is 51.5. The fourth-order valence-electron chi connectivity index (χ4n) is 9.09. The van der Waals surface area contributed by atoms with Gasteiger partial charge in [-0.15, -0.1) is 0 Å². The SMILES string of the molecule is CCCC[C@@H](C)C[C@@H]1NC(=O)[C@@H](CCC#N)OC(=O)CN(C)C(=O)[C@H](C[C@@H](C)CCCC)NC(=O)[C@H](Cc2cn(OC)c3ccccc23)N(C)C(=O)[C@H](CC(C)C)NC(=O)[C@H](CC(C)C)N(C)C1=O. The molecule has 1 saturated heterocycles. The lowest BCUT2D eigenvalue weighted by Gasteiger charge is -2.35. The second-order valence-electron chi connectivity index (χ2n) is 20.1. The van der Waals surface area contributed by atoms with Crippen molar-refractivity contribution in [3.63, 3.8) is 0 Å². The van der Waals surface area contributed by atoms with Gasteiger partial charge in [0.15, 0.2) is 6.10 Å². The van der Waals surface area contributed by atoms with Crippen molar-refractivity contribution in [1.82, 2.24) is 35.4 Å². The lowest BCUT2D eigenvalue weighted by molar-refractivity contribution is -0.159. The van der Waals surface area contributed by atoms with Gasteiger partial charge in [0, 0.05) is 52.0 Å². The Hall–Kier alpha value is -5.66. The molecule has 0 bridgehead atoms. The molecule has 0 saturated carbocycles. The predicted octanol–water partition coefficient (Wildman–Crippen LogP) is 5.56. The molecular weight excluding hydrogens is 881 g/mol. The molecule has 1 aromatic carbocycles. The number of nitriles is 1. The van der Waals surface area contributed by atoms with Crippen molar-refractivity contribution in [2.75, 3.05) is 34.8 Å². The van der Waals surface area contributed by atoms with Crippen molar-refractivity contribution in [2.24, 2.45) is 23.7 Å². The van der Waals surface area contributed by atoms with E-state index in [9.17, 15) is 29.2 Å². The molecule has 1 aromatic heterocycles. The summed E-state index contributed by atoms with van der Waals surface area (Å²) in [6, 6.07) is 3.78. The van der Waals surface area contributed by atoms with E-state index in [0.717, 1.165) is 54.3 Å². The van der Waals surface area contributed by atoms with Crippen molar-refractivity contribution in [2.45, 2.75) is 175 Å². The monoisotopic (exact) mass is 963 g/mol. The molecule has 0 unspecified atom stereocenters. The molecule has 17 heteroatoms. The number of amides is 6. The smallest absolute Gasteiger partial charge is 0.326 e. The fraction of sp³-hybridized carbons (Fsp3) is 0.692. The zero-order valence-corrected chi connectivity index (χ0v) is 43.5. The molecule has 1 fully saturated rings. The highest BCUT2D eigenvalue weighted by atomic mass is 16.6. The Morgan fingerprint density at radius 1 is 0.710 bits per heavy atom. The fourth-order valence-corrected chi connectivity index (χ4v) is 9.09. The van der Waals surface area contributed by atoms with E-state index in [-0.39, 0.29) is 68.6 Å². The van der Waals surface area contributed by atoms with Crippen LogP contribution in [0, 0.1) is 35.0 Å². The third kappa shape index (κ3) is 17.1. The number of carbonyl (C=O) groups is 7. The van der Waals surface area contributed by atoms with E-state index < -0.39 is 84.3 Å². The third-order valence-electron chi connectivity index (χ3n) is 13.1. The second-order valence-corrected chi connectivity index (χ2v) is 20.1. The van der Waals surface area contributed by atoms with Gasteiger partial charge in [0.1, 0.15) is 43.9 Å². The van der Waals surface area contributed by atoms with Crippen LogP contribution < -0.4 is 20.8 Å². The molecule has 3 N–H and O–H groups in total. The first kappa shape index (κ1) is 57.7. The number of nitrogens with one attached hydrogen (secondary N) is 3. The van der Waals surface area contributed by atoms with E-state index >= 15 is 9.59 Å². The maximum Gasteiger partial charge on any atom is 0.326 e. The van der Waals surface area contributed by atoms with Crippen LogP contribution in [0.2, 0.25) is 0 Å². The molecule has 69 heavy (non-hydrogen) atoms. The number of rotatable bonds is 19. The van der Waals surface area contributed by atoms with E-state index in [1.165, 1.54) is 38.1 Å². The summed E-state index contributed by atoms with van der Waals surface area (Å²) in [6.45, 7) is 15.2. The number of esters is 1. The molecule has 2 aromatic rings. The Balaban J connectivity index is 2.30. The zero-order valence-electron chi connectivity index (χ0n) is 43.5. The van der Waals surface area contributed by atoms with Gasteiger partial charge in [0.2, 0.25) is 29.5 Å². The molecule has 6 amide bonds. The lowest BCUT2D eigenvalue weighted by Crippen LogP contribution is -2.60. The van der Waals surface area contributed by atoms with Crippen LogP contribution >= 0.6 is 0 Å². The van der Waals surface area contributed by atoms with Gasteiger partial charge in [-0.3, -0.25) is 33.6 Å². The number of likely N-dealkylation sites (N-methyl/N-ethyl adjacent to an activating group) is 3. The molecule has 17 nitrogen and oxygen atoms in total. The molecule has 384 valence electrons. The minimum atomic E-state index is -1.48. The topological polar surface area (TPSA) is 212 Å². The summed E-state index contributed by atoms with van der Waals surface area (Å²) >= 11 is 0. The standard InChI is InChI=1S/C52H82N8O9/c1-13-15-20-35(7)28-40-50(65)57(9)32-46(61)69-45(24-19-25-53)49(64)56-41(29-36(8)21-16-14-2)52(67)58(10)43(27-34(5)6)47(62)54-39(26-33(3)4)51(66)59(11)44(48(63)55-40)30-37-31-60(68-12)42-23-18-17-22-38(37)42/h17-18,22-23,31,33-36,39-41,43-45H,13-16,19-21,24,26-30,32H2,1-12H3,(H,54,62)(H,55,63)(H,56,64)/t35-,36+,39-,40-,41-,43-,44-,45+/m0/s1. The lowest BCUT2D eigenvalue weighted by atomic mass is 9.94. The number of benzene rings is 1. The summed E-state index contributed by atoms with van der Waals surface area (Å²) in [6.07, 6.45) is 5.92. The van der Waals surface area contributed by atoms with Crippen LogP contribution in [-0.2, 0) is 44.7 Å². The van der Waals surface area contributed by atoms with Gasteiger partial charge in [0.25, 0.3) is 5.91 Å². The summed E-state index contributed by atoms with van der Waals surface area (Å²) in [5, 5.41) is 19.1. The molecule has 0 radical (unpaired) electrons. The Labute approximate surface area is 410 Å². The first-order valence-corrected chi connectivity index (χ1v) is 25.1. The first-order chi connectivity index (χ1) is 32.7. The first-order valence-electron chi connectivity index (χ1n) is 25.1. The number of carbonyl (C=O) groups excluding carboxylic acids is 7. The molecule has 3 rings (SSSR count). The largest absolute Gasteiger partial charge is 0.451 e. The van der Waals surface area contributed by atoms with E-state index in [0.29, 0.717) is 5.56 Å². The minimum Gasteiger partial charge on any atom is -0.451 e. The molecular formula is C52H82N8O9. The minimum absolute atomic E-state index is 0.00183. The number of cyclic esters (lactones) is 1. The summed E-state index contributed by atoms with van der Waals surface area (Å²) in [7, 11) is 5.94. The van der Waals surface area contributed by atoms with Crippen LogP contribution in [0.15, 0.2) is 30.5 Å². The molecule has 8 atom stereocenters. The van der Waals surface area contributed by atoms with E-state index in [4.69, 9.17) is 9.57 Å². The molecule has 0 aliphatic carbocycles. The van der Waals surface area contributed by atoms with Crippen LogP contribution in [0.25, 0.3) is 10.9 Å². The number of fused-ring (bicyclic) bond motifs is 1. The number of para-hydroxylation sites is 1. The summed E-state index contributed by atoms with van der Waals surface area (Å²) in [4.78, 5) is 111. The van der Waals surface area contributed by atoms with Gasteiger partial charge < -0.3 is 40.2 Å². The summed E-state index contributed by atoms with van der Waals surface area (Å²) in [5.41, 5.74) is 1.42. The quantitative estimate of drug-likeness (QED) is 0.149. The van der Waals surface area contributed by atoms with Gasteiger partial charge in [-0.25, -0.2) is 0 Å². The highest BCUT2D eigenvalue weighted by Gasteiger charge is 2.40. The normalized spacial score (nSPS) is 23.0. The van der Waals surface area contributed by atoms with Crippen molar-refractivity contribution < 1.29 is 43.1 Å². The van der Waals surface area contributed by atoms with Gasteiger partial charge >= 0.3 is 5.97 Å². The molecule has 0 spiro atoms. The number of unbranched alkanes of at least 4 members (excludes halogenated alkanes) is 2. The van der Waals surface area contributed by atoms with Crippen LogP contribution in [0.5, 0.6) is 0 Å². The van der Waals surface area contributed by atoms with E-state index in [1.54, 1.807) is 10.9 Å². The molecule has 2 heterocycles. The summed E-state index contributed by atoms with van der Waals surface area (Å²) in [5.74, 6) is -4.87.